The summed E-state index contributed by atoms with van der Waals surface area (Å²) >= 11 is 0. The van der Waals surface area contributed by atoms with Crippen molar-refractivity contribution in [2.24, 2.45) is 0 Å². The number of hydrogen-bond acceptors (Lipinski definition) is 4. The maximum absolute atomic E-state index is 14.2. The molecule has 1 N–H and O–H groups in total. The Labute approximate surface area is 165 Å². The summed E-state index contributed by atoms with van der Waals surface area (Å²) in [5.41, 5.74) is 0.389. The first-order valence-electron chi connectivity index (χ1n) is 8.64. The smallest absolute Gasteiger partial charge is 0.342 e. The van der Waals surface area contributed by atoms with Gasteiger partial charge in [-0.05, 0) is 36.4 Å². The second kappa shape index (κ2) is 8.97. The van der Waals surface area contributed by atoms with Gasteiger partial charge in [0, 0.05) is 17.3 Å². The standard InChI is InChI=1S/C22H17F2NO4/c1-28-17-11-12-18(19(24)13-17)22(27)29-20(14-5-3-2-4-6-14)21(26)25-16-9-7-15(23)8-10-16/h2-13,20H,1H3,(H,25,26)/t20-/m0/s1. The van der Waals surface area contributed by atoms with Crippen molar-refractivity contribution in [2.45, 2.75) is 6.10 Å². The summed E-state index contributed by atoms with van der Waals surface area (Å²) in [5.74, 6) is -2.71. The van der Waals surface area contributed by atoms with Crippen LogP contribution in [0.3, 0.4) is 0 Å². The number of amides is 1. The summed E-state index contributed by atoms with van der Waals surface area (Å²) in [6.07, 6.45) is -1.34. The minimum Gasteiger partial charge on any atom is -0.497 e. The zero-order chi connectivity index (χ0) is 20.8. The third-order valence-electron chi connectivity index (χ3n) is 4.07. The van der Waals surface area contributed by atoms with Crippen LogP contribution in [0.25, 0.3) is 0 Å². The maximum Gasteiger partial charge on any atom is 0.342 e. The molecule has 0 aliphatic carbocycles. The van der Waals surface area contributed by atoms with Gasteiger partial charge in [0.05, 0.1) is 12.7 Å². The molecule has 0 spiro atoms. The minimum atomic E-state index is -1.34. The molecule has 7 heteroatoms. The summed E-state index contributed by atoms with van der Waals surface area (Å²) in [5, 5.41) is 2.56. The molecule has 0 aliphatic heterocycles. The van der Waals surface area contributed by atoms with Crippen LogP contribution in [-0.2, 0) is 9.53 Å². The van der Waals surface area contributed by atoms with Crippen molar-refractivity contribution in [3.63, 3.8) is 0 Å². The summed E-state index contributed by atoms with van der Waals surface area (Å²) in [4.78, 5) is 25.3. The van der Waals surface area contributed by atoms with Gasteiger partial charge in [-0.25, -0.2) is 13.6 Å². The van der Waals surface area contributed by atoms with Crippen LogP contribution in [0.1, 0.15) is 22.0 Å². The lowest BCUT2D eigenvalue weighted by molar-refractivity contribution is -0.125. The first-order valence-corrected chi connectivity index (χ1v) is 8.64. The molecule has 29 heavy (non-hydrogen) atoms. The maximum atomic E-state index is 14.2. The minimum absolute atomic E-state index is 0.243. The van der Waals surface area contributed by atoms with Crippen molar-refractivity contribution in [3.05, 3.63) is 95.6 Å². The molecular formula is C22H17F2NO4. The van der Waals surface area contributed by atoms with Gasteiger partial charge >= 0.3 is 5.97 Å². The molecule has 0 fully saturated rings. The Hall–Kier alpha value is -3.74. The van der Waals surface area contributed by atoms with Crippen LogP contribution in [0.15, 0.2) is 72.8 Å². The number of carbonyl (C=O) groups excluding carboxylic acids is 2. The lowest BCUT2D eigenvalue weighted by Crippen LogP contribution is -2.26. The highest BCUT2D eigenvalue weighted by Gasteiger charge is 2.27. The summed E-state index contributed by atoms with van der Waals surface area (Å²) in [6.45, 7) is 0. The van der Waals surface area contributed by atoms with Crippen molar-refractivity contribution >= 4 is 17.6 Å². The largest absolute Gasteiger partial charge is 0.497 e. The van der Waals surface area contributed by atoms with Gasteiger partial charge in [0.15, 0.2) is 0 Å². The zero-order valence-corrected chi connectivity index (χ0v) is 15.4. The normalized spacial score (nSPS) is 11.4. The number of hydrogen-bond donors (Lipinski definition) is 1. The molecule has 5 nitrogen and oxygen atoms in total. The number of halogens is 2. The molecule has 148 valence electrons. The van der Waals surface area contributed by atoms with E-state index in [1.54, 1.807) is 30.3 Å². The number of rotatable bonds is 6. The number of benzene rings is 3. The molecule has 0 aromatic heterocycles. The van der Waals surface area contributed by atoms with Gasteiger partial charge in [-0.15, -0.1) is 0 Å². The molecule has 0 radical (unpaired) electrons. The quantitative estimate of drug-likeness (QED) is 0.622. The van der Waals surface area contributed by atoms with E-state index < -0.39 is 29.6 Å². The molecule has 3 aromatic rings. The second-order valence-corrected chi connectivity index (χ2v) is 6.04. The Bertz CT molecular complexity index is 1010. The van der Waals surface area contributed by atoms with Crippen LogP contribution in [0.2, 0.25) is 0 Å². The van der Waals surface area contributed by atoms with Crippen molar-refractivity contribution < 1.29 is 27.8 Å². The number of anilines is 1. The van der Waals surface area contributed by atoms with Gasteiger partial charge in [0.25, 0.3) is 5.91 Å². The average molecular weight is 397 g/mol. The third kappa shape index (κ3) is 4.95. The molecule has 0 aliphatic rings. The van der Waals surface area contributed by atoms with E-state index in [-0.39, 0.29) is 11.3 Å². The van der Waals surface area contributed by atoms with E-state index in [1.165, 1.54) is 43.5 Å². The van der Waals surface area contributed by atoms with Gasteiger partial charge in [0.1, 0.15) is 17.4 Å². The summed E-state index contributed by atoms with van der Waals surface area (Å²) in [6, 6.07) is 17.1. The summed E-state index contributed by atoms with van der Waals surface area (Å²) in [7, 11) is 1.37. The molecule has 0 heterocycles. The van der Waals surface area contributed by atoms with E-state index >= 15 is 0 Å². The van der Waals surface area contributed by atoms with E-state index in [9.17, 15) is 18.4 Å². The van der Waals surface area contributed by atoms with Crippen LogP contribution < -0.4 is 10.1 Å². The van der Waals surface area contributed by atoms with E-state index in [4.69, 9.17) is 9.47 Å². The Balaban J connectivity index is 1.85. The first-order chi connectivity index (χ1) is 14.0. The fourth-order valence-corrected chi connectivity index (χ4v) is 2.60. The van der Waals surface area contributed by atoms with Crippen molar-refractivity contribution in [1.82, 2.24) is 0 Å². The fourth-order valence-electron chi connectivity index (χ4n) is 2.60. The first kappa shape index (κ1) is 20.0. The lowest BCUT2D eigenvalue weighted by atomic mass is 10.1. The third-order valence-corrected chi connectivity index (χ3v) is 4.07. The Kier molecular flexibility index (Phi) is 6.19. The van der Waals surface area contributed by atoms with Crippen molar-refractivity contribution in [3.8, 4) is 5.75 Å². The Morgan fingerprint density at radius 1 is 0.931 bits per heavy atom. The van der Waals surface area contributed by atoms with Gasteiger partial charge in [-0.2, -0.15) is 0 Å². The number of nitrogens with one attached hydrogen (secondary N) is 1. The van der Waals surface area contributed by atoms with Crippen LogP contribution >= 0.6 is 0 Å². The van der Waals surface area contributed by atoms with Crippen LogP contribution in [0.5, 0.6) is 5.75 Å². The molecule has 0 bridgehead atoms. The van der Waals surface area contributed by atoms with Gasteiger partial charge in [-0.3, -0.25) is 4.79 Å². The van der Waals surface area contributed by atoms with Crippen molar-refractivity contribution in [2.75, 3.05) is 12.4 Å². The fraction of sp³-hybridized carbons (Fsp3) is 0.0909. The number of carbonyl (C=O) groups is 2. The van der Waals surface area contributed by atoms with Crippen LogP contribution in [-0.4, -0.2) is 19.0 Å². The van der Waals surface area contributed by atoms with E-state index in [2.05, 4.69) is 5.32 Å². The Morgan fingerprint density at radius 3 is 2.24 bits per heavy atom. The molecule has 3 aromatic carbocycles. The zero-order valence-electron chi connectivity index (χ0n) is 15.4. The highest BCUT2D eigenvalue weighted by atomic mass is 19.1. The number of esters is 1. The van der Waals surface area contributed by atoms with Gasteiger partial charge in [0.2, 0.25) is 6.10 Å². The Morgan fingerprint density at radius 2 is 1.62 bits per heavy atom. The van der Waals surface area contributed by atoms with E-state index in [1.807, 2.05) is 0 Å². The highest BCUT2D eigenvalue weighted by molar-refractivity contribution is 5.98. The van der Waals surface area contributed by atoms with Crippen LogP contribution in [0.4, 0.5) is 14.5 Å². The van der Waals surface area contributed by atoms with Gasteiger partial charge < -0.3 is 14.8 Å². The lowest BCUT2D eigenvalue weighted by Gasteiger charge is -2.18. The van der Waals surface area contributed by atoms with E-state index in [0.717, 1.165) is 6.07 Å². The van der Waals surface area contributed by atoms with Crippen molar-refractivity contribution in [1.29, 1.82) is 0 Å². The van der Waals surface area contributed by atoms with E-state index in [0.29, 0.717) is 11.3 Å². The SMILES string of the molecule is COc1ccc(C(=O)O[C@H](C(=O)Nc2ccc(F)cc2)c2ccccc2)c(F)c1. The molecule has 1 atom stereocenters. The number of ether oxygens (including phenoxy) is 2. The average Bonchev–Trinajstić information content (AvgIpc) is 2.73. The van der Waals surface area contributed by atoms with Crippen LogP contribution in [0, 0.1) is 11.6 Å². The second-order valence-electron chi connectivity index (χ2n) is 6.04. The molecule has 0 saturated heterocycles. The van der Waals surface area contributed by atoms with Gasteiger partial charge in [-0.1, -0.05) is 30.3 Å². The predicted molar refractivity (Wildman–Crippen MR) is 103 cm³/mol. The molecular weight excluding hydrogens is 380 g/mol. The molecule has 0 unspecified atom stereocenters. The molecule has 3 rings (SSSR count). The summed E-state index contributed by atoms with van der Waals surface area (Å²) < 4.78 is 37.5. The number of methoxy groups -OCH3 is 1. The predicted octanol–water partition coefficient (Wildman–Crippen LogP) is 4.51. The monoisotopic (exact) mass is 397 g/mol. The highest BCUT2D eigenvalue weighted by Crippen LogP contribution is 2.24. The molecule has 1 amide bonds. The topological polar surface area (TPSA) is 64.6 Å². The molecule has 0 saturated carbocycles.